The Morgan fingerprint density at radius 1 is 1.57 bits per heavy atom. The number of non-ortho nitro benzene ring substituents is 1. The van der Waals surface area contributed by atoms with Crippen molar-refractivity contribution in [2.75, 3.05) is 5.32 Å². The van der Waals surface area contributed by atoms with Crippen LogP contribution in [0.2, 0.25) is 0 Å². The molecule has 0 saturated carbocycles. The van der Waals surface area contributed by atoms with Crippen molar-refractivity contribution in [3.8, 4) is 0 Å². The fourth-order valence-corrected chi connectivity index (χ4v) is 2.91. The lowest BCUT2D eigenvalue weighted by atomic mass is 10.2. The van der Waals surface area contributed by atoms with E-state index in [0.717, 1.165) is 11.8 Å². The number of nitrogens with zero attached hydrogens (tertiary/aromatic N) is 2. The van der Waals surface area contributed by atoms with E-state index in [9.17, 15) is 19.7 Å². The van der Waals surface area contributed by atoms with Crippen LogP contribution in [0.3, 0.4) is 0 Å². The number of carbonyl (C=O) groups excluding carboxylic acids is 2. The third-order valence-electron chi connectivity index (χ3n) is 2.57. The molecule has 2 amide bonds. The van der Waals surface area contributed by atoms with Gasteiger partial charge in [-0.1, -0.05) is 11.8 Å². The Hall–Kier alpha value is -1.94. The molecule has 1 heterocycles. The van der Waals surface area contributed by atoms with E-state index in [1.165, 1.54) is 18.2 Å². The highest BCUT2D eigenvalue weighted by Gasteiger charge is 2.29. The predicted octanol–water partition coefficient (Wildman–Crippen LogP) is 1.64. The van der Waals surface area contributed by atoms with Crippen LogP contribution in [0.15, 0.2) is 27.7 Å². The van der Waals surface area contributed by atoms with Gasteiger partial charge in [-0.2, -0.15) is 4.99 Å². The average Bonchev–Trinajstić information content (AvgIpc) is 2.70. The number of anilines is 1. The predicted molar refractivity (Wildman–Crippen MR) is 82.1 cm³/mol. The summed E-state index contributed by atoms with van der Waals surface area (Å²) in [6.45, 7) is 0. The molecule has 0 spiro atoms. The highest BCUT2D eigenvalue weighted by Crippen LogP contribution is 2.28. The molecule has 1 aromatic rings. The lowest BCUT2D eigenvalue weighted by Gasteiger charge is -2.09. The van der Waals surface area contributed by atoms with Gasteiger partial charge in [0.05, 0.1) is 10.6 Å². The van der Waals surface area contributed by atoms with Gasteiger partial charge in [0.1, 0.15) is 5.25 Å². The van der Waals surface area contributed by atoms with Gasteiger partial charge in [0.2, 0.25) is 5.91 Å². The maximum absolute atomic E-state index is 11.9. The van der Waals surface area contributed by atoms with E-state index in [1.54, 1.807) is 0 Å². The first-order chi connectivity index (χ1) is 9.86. The van der Waals surface area contributed by atoms with Crippen LogP contribution in [0.1, 0.15) is 6.42 Å². The van der Waals surface area contributed by atoms with Crippen molar-refractivity contribution in [1.82, 2.24) is 0 Å². The maximum Gasteiger partial charge on any atom is 0.270 e. The highest BCUT2D eigenvalue weighted by atomic mass is 79.9. The van der Waals surface area contributed by atoms with E-state index >= 15 is 0 Å². The first kappa shape index (κ1) is 15.4. The molecule has 0 aromatic heterocycles. The van der Waals surface area contributed by atoms with E-state index in [-0.39, 0.29) is 17.3 Å². The Labute approximate surface area is 131 Å². The van der Waals surface area contributed by atoms with Crippen molar-refractivity contribution in [3.63, 3.8) is 0 Å². The minimum Gasteiger partial charge on any atom is -0.378 e. The van der Waals surface area contributed by atoms with Crippen LogP contribution in [0, 0.1) is 10.1 Å². The topological polar surface area (TPSA) is 128 Å². The summed E-state index contributed by atoms with van der Waals surface area (Å²) in [5.74, 6) is -0.837. The van der Waals surface area contributed by atoms with Crippen molar-refractivity contribution in [1.29, 1.82) is 0 Å². The molecule has 8 nitrogen and oxygen atoms in total. The summed E-state index contributed by atoms with van der Waals surface area (Å²) < 4.78 is 0.381. The van der Waals surface area contributed by atoms with Crippen LogP contribution in [0.5, 0.6) is 0 Å². The van der Waals surface area contributed by atoms with Gasteiger partial charge in [-0.3, -0.25) is 19.7 Å². The number of nitrogens with two attached hydrogens (primary N) is 1. The Balaban J connectivity index is 2.00. The van der Waals surface area contributed by atoms with Crippen molar-refractivity contribution >= 4 is 56.0 Å². The number of thioether (sulfide) groups is 1. The number of amides is 2. The summed E-state index contributed by atoms with van der Waals surface area (Å²) in [5, 5.41) is 12.7. The maximum atomic E-state index is 11.9. The number of hydrogen-bond acceptors (Lipinski definition) is 6. The van der Waals surface area contributed by atoms with Crippen LogP contribution >= 0.6 is 27.7 Å². The number of hydrogen-bond donors (Lipinski definition) is 2. The average molecular weight is 373 g/mol. The molecule has 1 aliphatic heterocycles. The van der Waals surface area contributed by atoms with Gasteiger partial charge in [-0.25, -0.2) is 0 Å². The van der Waals surface area contributed by atoms with E-state index in [1.807, 2.05) is 0 Å². The summed E-state index contributed by atoms with van der Waals surface area (Å²) in [6.07, 6.45) is -0.0723. The smallest absolute Gasteiger partial charge is 0.270 e. The normalized spacial score (nSPS) is 17.5. The number of carbonyl (C=O) groups is 2. The summed E-state index contributed by atoms with van der Waals surface area (Å²) in [5.41, 5.74) is 5.69. The lowest BCUT2D eigenvalue weighted by Crippen LogP contribution is -2.21. The molecule has 110 valence electrons. The first-order valence-electron chi connectivity index (χ1n) is 5.65. The van der Waals surface area contributed by atoms with Gasteiger partial charge in [0.25, 0.3) is 11.6 Å². The first-order valence-corrected chi connectivity index (χ1v) is 7.32. The number of nitrogens with one attached hydrogen (secondary N) is 1. The second-order valence-corrected chi connectivity index (χ2v) is 6.15. The molecular formula is C11H9BrN4O4S. The number of nitro benzene ring substituents is 1. The SMILES string of the molecule is NC1=NC(=O)[C@@H](CC(=O)Nc2ccc([N+](=O)[O-])cc2Br)S1. The molecule has 0 bridgehead atoms. The number of benzene rings is 1. The molecule has 0 fully saturated rings. The zero-order valence-corrected chi connectivity index (χ0v) is 12.8. The third-order valence-corrected chi connectivity index (χ3v) is 4.21. The van der Waals surface area contributed by atoms with Gasteiger partial charge in [-0.15, -0.1) is 0 Å². The molecule has 1 aromatic carbocycles. The number of halogens is 1. The summed E-state index contributed by atoms with van der Waals surface area (Å²) in [4.78, 5) is 36.9. The van der Waals surface area contributed by atoms with E-state index in [0.29, 0.717) is 10.2 Å². The monoisotopic (exact) mass is 372 g/mol. The molecule has 2 rings (SSSR count). The third kappa shape index (κ3) is 3.79. The second kappa shape index (κ2) is 6.22. The van der Waals surface area contributed by atoms with Gasteiger partial charge >= 0.3 is 0 Å². The van der Waals surface area contributed by atoms with Crippen molar-refractivity contribution in [2.45, 2.75) is 11.7 Å². The number of aliphatic imine (C=N–C) groups is 1. The standard InChI is InChI=1S/C11H9BrN4O4S/c12-6-3-5(16(19)20)1-2-7(6)14-9(17)4-8-10(18)15-11(13)21-8/h1-3,8H,4H2,(H,14,17)(H2,13,15,18)/t8-/m1/s1. The largest absolute Gasteiger partial charge is 0.378 e. The quantitative estimate of drug-likeness (QED) is 0.610. The molecule has 0 saturated heterocycles. The number of amidine groups is 1. The molecule has 21 heavy (non-hydrogen) atoms. The highest BCUT2D eigenvalue weighted by molar-refractivity contribution is 9.10. The molecule has 0 radical (unpaired) electrons. The minimum atomic E-state index is -0.623. The molecule has 1 aliphatic rings. The second-order valence-electron chi connectivity index (χ2n) is 4.07. The fourth-order valence-electron chi connectivity index (χ4n) is 1.62. The molecular weight excluding hydrogens is 364 g/mol. The Morgan fingerprint density at radius 2 is 2.29 bits per heavy atom. The summed E-state index contributed by atoms with van der Waals surface area (Å²) in [6, 6.07) is 3.97. The van der Waals surface area contributed by atoms with Gasteiger partial charge < -0.3 is 11.1 Å². The zero-order chi connectivity index (χ0) is 15.6. The van der Waals surface area contributed by atoms with Crippen LogP contribution < -0.4 is 11.1 Å². The minimum absolute atomic E-state index is 0.0723. The van der Waals surface area contributed by atoms with Crippen LogP contribution in [-0.4, -0.2) is 27.2 Å². The Bertz CT molecular complexity index is 664. The van der Waals surface area contributed by atoms with Crippen LogP contribution in [0.25, 0.3) is 0 Å². The van der Waals surface area contributed by atoms with Crippen molar-refractivity contribution < 1.29 is 14.5 Å². The molecule has 0 unspecified atom stereocenters. The van der Waals surface area contributed by atoms with Gasteiger partial charge in [0, 0.05) is 23.0 Å². The van der Waals surface area contributed by atoms with E-state index in [4.69, 9.17) is 5.73 Å². The van der Waals surface area contributed by atoms with E-state index < -0.39 is 22.0 Å². The van der Waals surface area contributed by atoms with Crippen molar-refractivity contribution in [3.05, 3.63) is 32.8 Å². The summed E-state index contributed by atoms with van der Waals surface area (Å²) >= 11 is 4.18. The molecule has 1 atom stereocenters. The Morgan fingerprint density at radius 3 is 2.81 bits per heavy atom. The molecule has 3 N–H and O–H groups in total. The Kier molecular flexibility index (Phi) is 4.58. The number of rotatable bonds is 4. The van der Waals surface area contributed by atoms with Gasteiger partial charge in [0.15, 0.2) is 5.17 Å². The van der Waals surface area contributed by atoms with E-state index in [2.05, 4.69) is 26.2 Å². The van der Waals surface area contributed by atoms with Crippen molar-refractivity contribution in [2.24, 2.45) is 10.7 Å². The number of nitro groups is 1. The van der Waals surface area contributed by atoms with Gasteiger partial charge in [-0.05, 0) is 22.0 Å². The molecule has 10 heteroatoms. The van der Waals surface area contributed by atoms with Crippen LogP contribution in [0.4, 0.5) is 11.4 Å². The summed E-state index contributed by atoms with van der Waals surface area (Å²) in [7, 11) is 0. The lowest BCUT2D eigenvalue weighted by molar-refractivity contribution is -0.384. The molecule has 0 aliphatic carbocycles. The fraction of sp³-hybridized carbons (Fsp3) is 0.182. The zero-order valence-electron chi connectivity index (χ0n) is 10.4. The van der Waals surface area contributed by atoms with Crippen LogP contribution in [-0.2, 0) is 9.59 Å².